The van der Waals surface area contributed by atoms with Crippen LogP contribution in [-0.2, 0) is 0 Å². The van der Waals surface area contributed by atoms with Gasteiger partial charge >= 0.3 is 0 Å². The van der Waals surface area contributed by atoms with Crippen LogP contribution in [0, 0.1) is 0 Å². The van der Waals surface area contributed by atoms with Crippen molar-refractivity contribution in [2.45, 2.75) is 0 Å². The highest BCUT2D eigenvalue weighted by Crippen LogP contribution is 2.25. The first-order chi connectivity index (χ1) is 9.65. The summed E-state index contributed by atoms with van der Waals surface area (Å²) in [6.45, 7) is 0. The van der Waals surface area contributed by atoms with Crippen molar-refractivity contribution < 1.29 is 0 Å². The van der Waals surface area contributed by atoms with E-state index >= 15 is 0 Å². The SMILES string of the molecule is S=C(NN=Cc1ccncc1)Nc1ccc(Cl)cc1Cl. The Kier molecular flexibility index (Phi) is 5.29. The highest BCUT2D eigenvalue weighted by atomic mass is 35.5. The number of thiocarbonyl (C=S) groups is 1. The summed E-state index contributed by atoms with van der Waals surface area (Å²) < 4.78 is 0. The standard InChI is InChI=1S/C13H10Cl2N4S/c14-10-1-2-12(11(15)7-10)18-13(20)19-17-8-9-3-5-16-6-4-9/h1-8H,(H2,18,19,20). The van der Waals surface area contributed by atoms with Crippen LogP contribution in [0.2, 0.25) is 10.0 Å². The van der Waals surface area contributed by atoms with E-state index < -0.39 is 0 Å². The minimum atomic E-state index is 0.333. The second-order valence-corrected chi connectivity index (χ2v) is 4.98. The number of rotatable bonds is 3. The summed E-state index contributed by atoms with van der Waals surface area (Å²) in [6, 6.07) is 8.76. The number of pyridine rings is 1. The van der Waals surface area contributed by atoms with Gasteiger partial charge in [0, 0.05) is 17.4 Å². The van der Waals surface area contributed by atoms with Crippen LogP contribution in [0.4, 0.5) is 5.69 Å². The Bertz CT molecular complexity index is 632. The molecule has 0 saturated carbocycles. The van der Waals surface area contributed by atoms with Crippen LogP contribution in [0.1, 0.15) is 5.56 Å². The van der Waals surface area contributed by atoms with Crippen LogP contribution < -0.4 is 10.7 Å². The highest BCUT2D eigenvalue weighted by Gasteiger charge is 2.02. The lowest BCUT2D eigenvalue weighted by Crippen LogP contribution is -2.24. The van der Waals surface area contributed by atoms with Crippen molar-refractivity contribution in [2.75, 3.05) is 5.32 Å². The van der Waals surface area contributed by atoms with Gasteiger partial charge in [0.15, 0.2) is 5.11 Å². The number of halogens is 2. The maximum absolute atomic E-state index is 6.02. The number of hydrazone groups is 1. The molecule has 0 aliphatic rings. The molecule has 0 aliphatic heterocycles. The maximum Gasteiger partial charge on any atom is 0.191 e. The van der Waals surface area contributed by atoms with Crippen molar-refractivity contribution in [1.82, 2.24) is 10.4 Å². The van der Waals surface area contributed by atoms with E-state index in [1.807, 2.05) is 12.1 Å². The van der Waals surface area contributed by atoms with Crippen molar-refractivity contribution >= 4 is 52.4 Å². The van der Waals surface area contributed by atoms with Crippen molar-refractivity contribution in [2.24, 2.45) is 5.10 Å². The largest absolute Gasteiger partial charge is 0.330 e. The smallest absolute Gasteiger partial charge is 0.191 e. The third-order valence-corrected chi connectivity index (χ3v) is 3.01. The predicted octanol–water partition coefficient (Wildman–Crippen LogP) is 3.71. The van der Waals surface area contributed by atoms with Gasteiger partial charge in [-0.25, -0.2) is 0 Å². The molecule has 2 N–H and O–H groups in total. The highest BCUT2D eigenvalue weighted by molar-refractivity contribution is 7.80. The van der Waals surface area contributed by atoms with Gasteiger partial charge in [0.1, 0.15) is 0 Å². The van der Waals surface area contributed by atoms with Crippen molar-refractivity contribution in [3.63, 3.8) is 0 Å². The van der Waals surface area contributed by atoms with E-state index in [2.05, 4.69) is 20.8 Å². The van der Waals surface area contributed by atoms with Gasteiger partial charge in [0.05, 0.1) is 16.9 Å². The van der Waals surface area contributed by atoms with Gasteiger partial charge in [0.2, 0.25) is 0 Å². The molecule has 0 atom stereocenters. The molecule has 7 heteroatoms. The van der Waals surface area contributed by atoms with E-state index in [1.165, 1.54) is 0 Å². The first-order valence-corrected chi connectivity index (χ1v) is 6.77. The van der Waals surface area contributed by atoms with Gasteiger partial charge < -0.3 is 5.32 Å². The Morgan fingerprint density at radius 1 is 1.20 bits per heavy atom. The van der Waals surface area contributed by atoms with Gasteiger partial charge in [-0.05, 0) is 48.1 Å². The van der Waals surface area contributed by atoms with Crippen LogP contribution in [0.25, 0.3) is 0 Å². The topological polar surface area (TPSA) is 49.3 Å². The summed E-state index contributed by atoms with van der Waals surface area (Å²) in [4.78, 5) is 3.92. The average molecular weight is 325 g/mol. The average Bonchev–Trinajstić information content (AvgIpc) is 2.43. The van der Waals surface area contributed by atoms with Crippen LogP contribution in [-0.4, -0.2) is 16.3 Å². The third kappa shape index (κ3) is 4.45. The molecule has 1 aromatic heterocycles. The third-order valence-electron chi connectivity index (χ3n) is 2.27. The lowest BCUT2D eigenvalue weighted by molar-refractivity contribution is 1.05. The Morgan fingerprint density at radius 3 is 2.65 bits per heavy atom. The predicted molar refractivity (Wildman–Crippen MR) is 87.6 cm³/mol. The number of hydrogen-bond donors (Lipinski definition) is 2. The Morgan fingerprint density at radius 2 is 1.95 bits per heavy atom. The summed E-state index contributed by atoms with van der Waals surface area (Å²) in [5.74, 6) is 0. The lowest BCUT2D eigenvalue weighted by Gasteiger charge is -2.08. The molecule has 1 aromatic carbocycles. The van der Waals surface area contributed by atoms with E-state index in [0.29, 0.717) is 20.8 Å². The zero-order valence-corrected chi connectivity index (χ0v) is 12.5. The van der Waals surface area contributed by atoms with E-state index in [9.17, 15) is 0 Å². The molecule has 0 unspecified atom stereocenters. The van der Waals surface area contributed by atoms with E-state index in [-0.39, 0.29) is 0 Å². The Hall–Kier alpha value is -1.69. The van der Waals surface area contributed by atoms with Gasteiger partial charge in [0.25, 0.3) is 0 Å². The van der Waals surface area contributed by atoms with Gasteiger partial charge in [-0.15, -0.1) is 0 Å². The molecule has 4 nitrogen and oxygen atoms in total. The summed E-state index contributed by atoms with van der Waals surface area (Å²) >= 11 is 16.9. The molecule has 2 aromatic rings. The summed E-state index contributed by atoms with van der Waals surface area (Å²) in [5, 5.41) is 8.32. The molecule has 0 aliphatic carbocycles. The normalized spacial score (nSPS) is 10.5. The monoisotopic (exact) mass is 324 g/mol. The molecule has 0 spiro atoms. The first kappa shape index (κ1) is 14.7. The van der Waals surface area contributed by atoms with Crippen LogP contribution in [0.5, 0.6) is 0 Å². The Balaban J connectivity index is 1.91. The molecule has 102 valence electrons. The van der Waals surface area contributed by atoms with Crippen molar-refractivity contribution in [3.05, 3.63) is 58.3 Å². The first-order valence-electron chi connectivity index (χ1n) is 5.60. The molecule has 0 amide bonds. The van der Waals surface area contributed by atoms with Crippen molar-refractivity contribution in [3.8, 4) is 0 Å². The molecule has 0 bridgehead atoms. The Labute approximate surface area is 131 Å². The molecule has 2 rings (SSSR count). The molecule has 0 saturated heterocycles. The van der Waals surface area contributed by atoms with E-state index in [0.717, 1.165) is 5.56 Å². The number of aromatic nitrogens is 1. The van der Waals surface area contributed by atoms with E-state index in [4.69, 9.17) is 35.4 Å². The number of anilines is 1. The van der Waals surface area contributed by atoms with E-state index in [1.54, 1.807) is 36.8 Å². The van der Waals surface area contributed by atoms with Gasteiger partial charge in [-0.3, -0.25) is 10.4 Å². The second-order valence-electron chi connectivity index (χ2n) is 3.73. The number of hydrogen-bond acceptors (Lipinski definition) is 3. The number of benzene rings is 1. The molecular formula is C13H10Cl2N4S. The molecule has 20 heavy (non-hydrogen) atoms. The lowest BCUT2D eigenvalue weighted by atomic mass is 10.3. The minimum absolute atomic E-state index is 0.333. The van der Waals surface area contributed by atoms with Crippen LogP contribution in [0.15, 0.2) is 47.8 Å². The van der Waals surface area contributed by atoms with Gasteiger partial charge in [-0.1, -0.05) is 23.2 Å². The molecule has 1 heterocycles. The quantitative estimate of drug-likeness (QED) is 0.513. The molecule has 0 radical (unpaired) electrons. The summed E-state index contributed by atoms with van der Waals surface area (Å²) in [6.07, 6.45) is 5.01. The van der Waals surface area contributed by atoms with Crippen molar-refractivity contribution in [1.29, 1.82) is 0 Å². The molecular weight excluding hydrogens is 315 g/mol. The summed E-state index contributed by atoms with van der Waals surface area (Å²) in [7, 11) is 0. The summed E-state index contributed by atoms with van der Waals surface area (Å²) in [5.41, 5.74) is 4.28. The van der Waals surface area contributed by atoms with Crippen LogP contribution >= 0.6 is 35.4 Å². The second kappa shape index (κ2) is 7.19. The maximum atomic E-state index is 6.02. The zero-order valence-electron chi connectivity index (χ0n) is 10.2. The number of nitrogens with one attached hydrogen (secondary N) is 2. The fourth-order valence-electron chi connectivity index (χ4n) is 1.36. The number of nitrogens with zero attached hydrogens (tertiary/aromatic N) is 2. The fraction of sp³-hybridized carbons (Fsp3) is 0. The zero-order chi connectivity index (χ0) is 14.4. The van der Waals surface area contributed by atoms with Crippen LogP contribution in [0.3, 0.4) is 0 Å². The fourth-order valence-corrected chi connectivity index (χ4v) is 1.97. The van der Waals surface area contributed by atoms with Gasteiger partial charge in [-0.2, -0.15) is 5.10 Å². The minimum Gasteiger partial charge on any atom is -0.330 e. The molecule has 0 fully saturated rings.